The number of H-pyrrole nitrogens is 1. The van der Waals surface area contributed by atoms with Crippen LogP contribution < -0.4 is 9.64 Å². The van der Waals surface area contributed by atoms with Gasteiger partial charge in [0, 0.05) is 32.3 Å². The molecule has 8 nitrogen and oxygen atoms in total. The van der Waals surface area contributed by atoms with Gasteiger partial charge in [-0.15, -0.1) is 0 Å². The van der Waals surface area contributed by atoms with Crippen molar-refractivity contribution in [2.75, 3.05) is 38.3 Å². The van der Waals surface area contributed by atoms with Crippen LogP contribution in [0.2, 0.25) is 0 Å². The summed E-state index contributed by atoms with van der Waals surface area (Å²) in [6.45, 7) is 3.24. The number of nitrogens with one attached hydrogen (secondary N) is 1. The number of para-hydroxylation sites is 1. The van der Waals surface area contributed by atoms with Crippen molar-refractivity contribution in [1.82, 2.24) is 24.6 Å². The Morgan fingerprint density at radius 1 is 1.13 bits per heavy atom. The number of likely N-dealkylation sites (tertiary alicyclic amines) is 1. The molecule has 0 unspecified atom stereocenters. The largest absolute Gasteiger partial charge is 0.497 e. The SMILES string of the molecule is COc1ccc(Cn2nc(N3CC=CC=C3N3CCC(CO)CC3)cc2-c2nc3c(F)cccc3[nH]2)cc1. The summed E-state index contributed by atoms with van der Waals surface area (Å²) < 4.78 is 21.7. The Balaban J connectivity index is 1.38. The van der Waals surface area contributed by atoms with Gasteiger partial charge in [0.25, 0.3) is 0 Å². The van der Waals surface area contributed by atoms with Gasteiger partial charge < -0.3 is 24.6 Å². The molecule has 0 radical (unpaired) electrons. The molecule has 1 fully saturated rings. The minimum absolute atomic E-state index is 0.244. The van der Waals surface area contributed by atoms with Gasteiger partial charge in [0.05, 0.1) is 19.2 Å². The van der Waals surface area contributed by atoms with Crippen molar-refractivity contribution in [2.24, 2.45) is 5.92 Å². The first kappa shape index (κ1) is 24.2. The molecular weight excluding hydrogens is 483 g/mol. The third kappa shape index (κ3) is 4.65. The minimum atomic E-state index is -0.357. The van der Waals surface area contributed by atoms with E-state index >= 15 is 0 Å². The van der Waals surface area contributed by atoms with Crippen molar-refractivity contribution in [2.45, 2.75) is 19.4 Å². The second-order valence-corrected chi connectivity index (χ2v) is 9.79. The lowest BCUT2D eigenvalue weighted by molar-refractivity contribution is 0.149. The van der Waals surface area contributed by atoms with Crippen LogP contribution in [0, 0.1) is 11.7 Å². The molecule has 9 heteroatoms. The predicted molar refractivity (Wildman–Crippen MR) is 145 cm³/mol. The predicted octanol–water partition coefficient (Wildman–Crippen LogP) is 4.54. The van der Waals surface area contributed by atoms with Gasteiger partial charge in [-0.25, -0.2) is 9.37 Å². The number of fused-ring (bicyclic) bond motifs is 1. The summed E-state index contributed by atoms with van der Waals surface area (Å²) >= 11 is 0. The van der Waals surface area contributed by atoms with E-state index in [4.69, 9.17) is 9.84 Å². The number of benzene rings is 2. The Morgan fingerprint density at radius 2 is 1.95 bits per heavy atom. The number of hydrogen-bond acceptors (Lipinski definition) is 6. The number of anilines is 1. The number of aromatic amines is 1. The van der Waals surface area contributed by atoms with Crippen LogP contribution in [-0.4, -0.2) is 63.1 Å². The zero-order valence-corrected chi connectivity index (χ0v) is 21.3. The quantitative estimate of drug-likeness (QED) is 0.377. The molecule has 0 amide bonds. The van der Waals surface area contributed by atoms with E-state index in [1.54, 1.807) is 13.2 Å². The topological polar surface area (TPSA) is 82.4 Å². The minimum Gasteiger partial charge on any atom is -0.497 e. The van der Waals surface area contributed by atoms with Gasteiger partial charge in [0.2, 0.25) is 0 Å². The van der Waals surface area contributed by atoms with Gasteiger partial charge in [-0.3, -0.25) is 4.68 Å². The van der Waals surface area contributed by atoms with Crippen molar-refractivity contribution in [3.05, 3.63) is 84.0 Å². The first-order valence-electron chi connectivity index (χ1n) is 13.0. The Labute approximate surface area is 220 Å². The fourth-order valence-corrected chi connectivity index (χ4v) is 5.20. The second kappa shape index (κ2) is 10.3. The van der Waals surface area contributed by atoms with Crippen LogP contribution in [0.5, 0.6) is 5.75 Å². The fraction of sp³-hybridized carbons (Fsp3) is 0.310. The van der Waals surface area contributed by atoms with Gasteiger partial charge in [0.1, 0.15) is 22.8 Å². The van der Waals surface area contributed by atoms with Crippen LogP contribution in [-0.2, 0) is 6.54 Å². The highest BCUT2D eigenvalue weighted by Crippen LogP contribution is 2.31. The highest BCUT2D eigenvalue weighted by atomic mass is 19.1. The van der Waals surface area contributed by atoms with Crippen molar-refractivity contribution < 1.29 is 14.2 Å². The van der Waals surface area contributed by atoms with Gasteiger partial charge in [-0.2, -0.15) is 5.10 Å². The lowest BCUT2D eigenvalue weighted by Crippen LogP contribution is -2.42. The maximum atomic E-state index is 14.5. The van der Waals surface area contributed by atoms with E-state index in [1.807, 2.05) is 41.1 Å². The first-order valence-corrected chi connectivity index (χ1v) is 13.0. The summed E-state index contributed by atoms with van der Waals surface area (Å²) in [5, 5.41) is 14.6. The summed E-state index contributed by atoms with van der Waals surface area (Å²) in [5.74, 6) is 3.27. The van der Waals surface area contributed by atoms with E-state index in [0.29, 0.717) is 35.9 Å². The van der Waals surface area contributed by atoms with E-state index in [-0.39, 0.29) is 12.4 Å². The van der Waals surface area contributed by atoms with E-state index in [9.17, 15) is 9.50 Å². The molecule has 0 saturated carbocycles. The van der Waals surface area contributed by atoms with Gasteiger partial charge in [-0.1, -0.05) is 30.4 Å². The fourth-order valence-electron chi connectivity index (χ4n) is 5.20. The zero-order valence-electron chi connectivity index (χ0n) is 21.3. The molecule has 196 valence electrons. The number of ether oxygens (including phenoxy) is 1. The molecule has 0 atom stereocenters. The first-order chi connectivity index (χ1) is 18.6. The molecule has 0 aliphatic carbocycles. The molecule has 2 aromatic heterocycles. The molecule has 2 aliphatic heterocycles. The van der Waals surface area contributed by atoms with Crippen LogP contribution in [0.25, 0.3) is 22.6 Å². The van der Waals surface area contributed by atoms with Crippen LogP contribution in [0.1, 0.15) is 18.4 Å². The number of nitrogens with zero attached hydrogens (tertiary/aromatic N) is 5. The van der Waals surface area contributed by atoms with Crippen molar-refractivity contribution in [3.8, 4) is 17.3 Å². The zero-order chi connectivity index (χ0) is 26.1. The average Bonchev–Trinajstić information content (AvgIpc) is 3.59. The third-order valence-electron chi connectivity index (χ3n) is 7.38. The number of methoxy groups -OCH3 is 1. The molecule has 1 saturated heterocycles. The van der Waals surface area contributed by atoms with Gasteiger partial charge in [-0.05, 0) is 54.7 Å². The maximum absolute atomic E-state index is 14.5. The number of rotatable bonds is 7. The van der Waals surface area contributed by atoms with Crippen LogP contribution in [0.3, 0.4) is 0 Å². The smallest absolute Gasteiger partial charge is 0.157 e. The highest BCUT2D eigenvalue weighted by molar-refractivity contribution is 5.79. The van der Waals surface area contributed by atoms with Crippen molar-refractivity contribution >= 4 is 16.9 Å². The molecular formula is C29H31FN6O2. The number of imidazole rings is 1. The number of aliphatic hydroxyl groups is 1. The number of piperidine rings is 1. The molecule has 6 rings (SSSR count). The third-order valence-corrected chi connectivity index (χ3v) is 7.38. The Bertz CT molecular complexity index is 1480. The highest BCUT2D eigenvalue weighted by Gasteiger charge is 2.27. The second-order valence-electron chi connectivity index (χ2n) is 9.79. The summed E-state index contributed by atoms with van der Waals surface area (Å²) in [6, 6.07) is 14.8. The summed E-state index contributed by atoms with van der Waals surface area (Å²) in [6.07, 6.45) is 8.26. The lowest BCUT2D eigenvalue weighted by atomic mass is 9.98. The van der Waals surface area contributed by atoms with E-state index in [2.05, 4.69) is 38.0 Å². The Hall–Kier alpha value is -4.11. The normalized spacial score (nSPS) is 16.3. The molecule has 2 aliphatic rings. The standard InChI is InChI=1S/C29H31FN6O2/c1-38-22-10-8-20(9-11-22)18-36-25(29-31-24-6-4-5-23(30)28(24)32-29)17-26(33-36)35-14-3-2-7-27(35)34-15-12-21(19-37)13-16-34/h2-11,17,21,37H,12-16,18-19H2,1H3,(H,31,32). The molecule has 2 aromatic carbocycles. The molecule has 38 heavy (non-hydrogen) atoms. The summed E-state index contributed by atoms with van der Waals surface area (Å²) in [7, 11) is 1.65. The Kier molecular flexibility index (Phi) is 6.59. The Morgan fingerprint density at radius 3 is 2.68 bits per heavy atom. The summed E-state index contributed by atoms with van der Waals surface area (Å²) in [5.41, 5.74) is 2.80. The average molecular weight is 515 g/mol. The van der Waals surface area contributed by atoms with Crippen LogP contribution >= 0.6 is 0 Å². The maximum Gasteiger partial charge on any atom is 0.157 e. The number of hydrogen-bond donors (Lipinski definition) is 2. The number of allylic oxidation sites excluding steroid dienone is 2. The van der Waals surface area contributed by atoms with E-state index in [1.165, 1.54) is 6.07 Å². The van der Waals surface area contributed by atoms with Gasteiger partial charge >= 0.3 is 0 Å². The molecule has 2 N–H and O–H groups in total. The van der Waals surface area contributed by atoms with Crippen LogP contribution in [0.4, 0.5) is 10.2 Å². The van der Waals surface area contributed by atoms with Crippen LogP contribution in [0.15, 0.2) is 72.6 Å². The lowest BCUT2D eigenvalue weighted by Gasteiger charge is -2.39. The number of aliphatic hydroxyl groups excluding tert-OH is 1. The van der Waals surface area contributed by atoms with Crippen molar-refractivity contribution in [1.29, 1.82) is 0 Å². The number of aromatic nitrogens is 4. The van der Waals surface area contributed by atoms with E-state index in [0.717, 1.165) is 54.6 Å². The molecule has 0 bridgehead atoms. The van der Waals surface area contributed by atoms with E-state index < -0.39 is 0 Å². The molecule has 4 aromatic rings. The van der Waals surface area contributed by atoms with Crippen molar-refractivity contribution in [3.63, 3.8) is 0 Å². The number of halogens is 1. The van der Waals surface area contributed by atoms with Gasteiger partial charge in [0.15, 0.2) is 17.5 Å². The summed E-state index contributed by atoms with van der Waals surface area (Å²) in [4.78, 5) is 12.5. The molecule has 4 heterocycles. The monoisotopic (exact) mass is 514 g/mol. The molecule has 0 spiro atoms.